The van der Waals surface area contributed by atoms with E-state index in [4.69, 9.17) is 25.8 Å². The molecule has 1 heterocycles. The lowest BCUT2D eigenvalue weighted by Crippen LogP contribution is -2.52. The zero-order chi connectivity index (χ0) is 9.97. The third-order valence-corrected chi connectivity index (χ3v) is 3.22. The monoisotopic (exact) mass is 220 g/mol. The van der Waals surface area contributed by atoms with Crippen LogP contribution in [0.4, 0.5) is 0 Å². The molecule has 0 aromatic heterocycles. The number of hydrogen-bond acceptors (Lipinski definition) is 3. The first kappa shape index (κ1) is 10.7. The number of halogens is 1. The maximum Gasteiger partial charge on any atom is 0.100 e. The first-order valence-electron chi connectivity index (χ1n) is 5.30. The van der Waals surface area contributed by atoms with E-state index in [0.717, 1.165) is 26.1 Å². The zero-order valence-corrected chi connectivity index (χ0v) is 9.20. The fourth-order valence-corrected chi connectivity index (χ4v) is 2.34. The van der Waals surface area contributed by atoms with E-state index in [2.05, 4.69) is 0 Å². The Morgan fingerprint density at radius 3 is 2.93 bits per heavy atom. The fraction of sp³-hybridized carbons (Fsp3) is 1.00. The van der Waals surface area contributed by atoms with E-state index in [1.807, 2.05) is 6.92 Å². The van der Waals surface area contributed by atoms with Crippen LogP contribution in [0.1, 0.15) is 19.8 Å². The number of hydrogen-bond donors (Lipinski definition) is 0. The molecule has 2 aliphatic rings. The summed E-state index contributed by atoms with van der Waals surface area (Å²) >= 11 is 6.04. The molecule has 1 aliphatic carbocycles. The van der Waals surface area contributed by atoms with E-state index < -0.39 is 0 Å². The molecule has 0 amide bonds. The van der Waals surface area contributed by atoms with Crippen molar-refractivity contribution in [3.8, 4) is 0 Å². The van der Waals surface area contributed by atoms with Crippen molar-refractivity contribution in [1.82, 2.24) is 0 Å². The van der Waals surface area contributed by atoms with Crippen molar-refractivity contribution in [2.24, 2.45) is 0 Å². The van der Waals surface area contributed by atoms with Gasteiger partial charge in [-0.15, -0.1) is 11.6 Å². The van der Waals surface area contributed by atoms with Crippen molar-refractivity contribution in [3.63, 3.8) is 0 Å². The van der Waals surface area contributed by atoms with Gasteiger partial charge in [-0.2, -0.15) is 0 Å². The van der Waals surface area contributed by atoms with Crippen LogP contribution in [0.25, 0.3) is 0 Å². The van der Waals surface area contributed by atoms with Crippen molar-refractivity contribution in [3.05, 3.63) is 0 Å². The molecule has 2 fully saturated rings. The van der Waals surface area contributed by atoms with Crippen molar-refractivity contribution >= 4 is 11.6 Å². The van der Waals surface area contributed by atoms with Gasteiger partial charge in [0.25, 0.3) is 0 Å². The summed E-state index contributed by atoms with van der Waals surface area (Å²) in [4.78, 5) is 0. The standard InChI is InChI=1S/C10H17ClO3/c1-2-13-10-8(11)5-9(10)14-7-3-4-12-6-7/h7-10H,2-6H2,1H3. The molecule has 4 heteroatoms. The van der Waals surface area contributed by atoms with E-state index in [-0.39, 0.29) is 23.7 Å². The maximum atomic E-state index is 6.04. The van der Waals surface area contributed by atoms with Gasteiger partial charge in [0.05, 0.1) is 24.2 Å². The molecule has 0 spiro atoms. The minimum absolute atomic E-state index is 0.0854. The zero-order valence-electron chi connectivity index (χ0n) is 8.45. The summed E-state index contributed by atoms with van der Waals surface area (Å²) in [6.07, 6.45) is 2.43. The van der Waals surface area contributed by atoms with Gasteiger partial charge < -0.3 is 14.2 Å². The van der Waals surface area contributed by atoms with Gasteiger partial charge in [0.1, 0.15) is 6.10 Å². The molecular weight excluding hydrogens is 204 g/mol. The number of ether oxygens (including phenoxy) is 3. The fourth-order valence-electron chi connectivity index (χ4n) is 1.93. The van der Waals surface area contributed by atoms with Crippen LogP contribution < -0.4 is 0 Å². The van der Waals surface area contributed by atoms with Crippen LogP contribution in [0.2, 0.25) is 0 Å². The Hall–Kier alpha value is 0.170. The maximum absolute atomic E-state index is 6.04. The van der Waals surface area contributed by atoms with Gasteiger partial charge in [-0.25, -0.2) is 0 Å². The van der Waals surface area contributed by atoms with Crippen LogP contribution in [0.15, 0.2) is 0 Å². The molecule has 0 aromatic carbocycles. The molecule has 4 atom stereocenters. The highest BCUT2D eigenvalue weighted by atomic mass is 35.5. The quantitative estimate of drug-likeness (QED) is 0.674. The lowest BCUT2D eigenvalue weighted by atomic mass is 9.90. The minimum atomic E-state index is 0.0854. The van der Waals surface area contributed by atoms with Gasteiger partial charge in [0.2, 0.25) is 0 Å². The van der Waals surface area contributed by atoms with Crippen molar-refractivity contribution in [2.45, 2.75) is 43.5 Å². The third-order valence-electron chi connectivity index (χ3n) is 2.79. The Labute approximate surface area is 89.7 Å². The molecule has 14 heavy (non-hydrogen) atoms. The van der Waals surface area contributed by atoms with Gasteiger partial charge in [-0.05, 0) is 19.8 Å². The SMILES string of the molecule is CCOC1C(Cl)CC1OC1CCOC1. The normalized spacial score (nSPS) is 42.4. The Bertz CT molecular complexity index is 182. The summed E-state index contributed by atoms with van der Waals surface area (Å²) in [5, 5.41) is 0.127. The van der Waals surface area contributed by atoms with Gasteiger partial charge in [-0.1, -0.05) is 0 Å². The summed E-state index contributed by atoms with van der Waals surface area (Å²) < 4.78 is 16.6. The second-order valence-corrected chi connectivity index (χ2v) is 4.39. The van der Waals surface area contributed by atoms with Crippen LogP contribution in [0, 0.1) is 0 Å². The summed E-state index contributed by atoms with van der Waals surface area (Å²) in [7, 11) is 0. The molecule has 0 N–H and O–H groups in total. The van der Waals surface area contributed by atoms with E-state index in [9.17, 15) is 0 Å². The molecule has 1 saturated carbocycles. The molecule has 1 saturated heterocycles. The largest absolute Gasteiger partial charge is 0.379 e. The first-order valence-corrected chi connectivity index (χ1v) is 5.73. The Morgan fingerprint density at radius 2 is 2.36 bits per heavy atom. The molecular formula is C10H17ClO3. The molecule has 3 nitrogen and oxygen atoms in total. The van der Waals surface area contributed by atoms with Gasteiger partial charge in [0, 0.05) is 13.2 Å². The van der Waals surface area contributed by atoms with Crippen LogP contribution in [0.5, 0.6) is 0 Å². The lowest BCUT2D eigenvalue weighted by molar-refractivity contribution is -0.145. The minimum Gasteiger partial charge on any atom is -0.379 e. The molecule has 2 rings (SSSR count). The van der Waals surface area contributed by atoms with E-state index in [1.165, 1.54) is 0 Å². The second kappa shape index (κ2) is 4.79. The number of alkyl halides is 1. The summed E-state index contributed by atoms with van der Waals surface area (Å²) in [5.74, 6) is 0. The van der Waals surface area contributed by atoms with Gasteiger partial charge in [0.15, 0.2) is 0 Å². The Morgan fingerprint density at radius 1 is 1.50 bits per heavy atom. The van der Waals surface area contributed by atoms with Crippen molar-refractivity contribution in [1.29, 1.82) is 0 Å². The smallest absolute Gasteiger partial charge is 0.100 e. The van der Waals surface area contributed by atoms with E-state index >= 15 is 0 Å². The second-order valence-electron chi connectivity index (χ2n) is 3.83. The predicted molar refractivity (Wildman–Crippen MR) is 53.8 cm³/mol. The Balaban J connectivity index is 1.75. The highest BCUT2D eigenvalue weighted by Crippen LogP contribution is 2.33. The molecule has 1 aliphatic heterocycles. The summed E-state index contributed by atoms with van der Waals surface area (Å²) in [6.45, 7) is 4.23. The van der Waals surface area contributed by atoms with Crippen molar-refractivity contribution in [2.75, 3.05) is 19.8 Å². The molecule has 82 valence electrons. The topological polar surface area (TPSA) is 27.7 Å². The van der Waals surface area contributed by atoms with Crippen molar-refractivity contribution < 1.29 is 14.2 Å². The third kappa shape index (κ3) is 2.22. The Kier molecular flexibility index (Phi) is 3.66. The average Bonchev–Trinajstić information content (AvgIpc) is 2.66. The first-order chi connectivity index (χ1) is 6.81. The predicted octanol–water partition coefficient (Wildman–Crippen LogP) is 1.58. The van der Waals surface area contributed by atoms with Gasteiger partial charge in [-0.3, -0.25) is 0 Å². The highest BCUT2D eigenvalue weighted by Gasteiger charge is 2.43. The lowest BCUT2D eigenvalue weighted by Gasteiger charge is -2.41. The number of rotatable bonds is 4. The van der Waals surface area contributed by atoms with Gasteiger partial charge >= 0.3 is 0 Å². The average molecular weight is 221 g/mol. The molecule has 0 radical (unpaired) electrons. The summed E-state index contributed by atoms with van der Waals surface area (Å²) in [5.41, 5.74) is 0. The van der Waals surface area contributed by atoms with Crippen LogP contribution in [-0.4, -0.2) is 43.5 Å². The molecule has 0 bridgehead atoms. The van der Waals surface area contributed by atoms with Crippen LogP contribution >= 0.6 is 11.6 Å². The molecule has 0 aromatic rings. The van der Waals surface area contributed by atoms with E-state index in [1.54, 1.807) is 0 Å². The van der Waals surface area contributed by atoms with E-state index in [0.29, 0.717) is 6.61 Å². The van der Waals surface area contributed by atoms with Crippen LogP contribution in [-0.2, 0) is 14.2 Å². The summed E-state index contributed by atoms with van der Waals surface area (Å²) in [6, 6.07) is 0. The highest BCUT2D eigenvalue weighted by molar-refractivity contribution is 6.21. The molecule has 4 unspecified atom stereocenters. The van der Waals surface area contributed by atoms with Crippen LogP contribution in [0.3, 0.4) is 0 Å².